The SMILES string of the molecule is CN(C)C(CNC(=O)CC(O)c1ccccc1)Cc1ccccc1. The van der Waals surface area contributed by atoms with Crippen LogP contribution < -0.4 is 5.32 Å². The van der Waals surface area contributed by atoms with E-state index in [0.717, 1.165) is 12.0 Å². The molecule has 128 valence electrons. The van der Waals surface area contributed by atoms with Crippen LogP contribution in [0, 0.1) is 0 Å². The third-order valence-electron chi connectivity index (χ3n) is 4.14. The Morgan fingerprint density at radius 1 is 1.04 bits per heavy atom. The smallest absolute Gasteiger partial charge is 0.223 e. The molecule has 4 nitrogen and oxygen atoms in total. The van der Waals surface area contributed by atoms with Crippen molar-refractivity contribution in [1.29, 1.82) is 0 Å². The molecule has 0 saturated carbocycles. The number of aliphatic hydroxyl groups is 1. The van der Waals surface area contributed by atoms with Gasteiger partial charge >= 0.3 is 0 Å². The average molecular weight is 326 g/mol. The first-order valence-corrected chi connectivity index (χ1v) is 8.26. The van der Waals surface area contributed by atoms with E-state index in [4.69, 9.17) is 0 Å². The maximum absolute atomic E-state index is 12.1. The molecule has 2 atom stereocenters. The van der Waals surface area contributed by atoms with Crippen LogP contribution in [0.15, 0.2) is 60.7 Å². The van der Waals surface area contributed by atoms with Crippen molar-refractivity contribution in [3.8, 4) is 0 Å². The summed E-state index contributed by atoms with van der Waals surface area (Å²) in [4.78, 5) is 14.2. The summed E-state index contributed by atoms with van der Waals surface area (Å²) in [5, 5.41) is 13.1. The van der Waals surface area contributed by atoms with Gasteiger partial charge in [0.1, 0.15) is 0 Å². The molecule has 0 radical (unpaired) electrons. The van der Waals surface area contributed by atoms with Crippen molar-refractivity contribution in [3.05, 3.63) is 71.8 Å². The summed E-state index contributed by atoms with van der Waals surface area (Å²) >= 11 is 0. The van der Waals surface area contributed by atoms with Crippen LogP contribution in [0.5, 0.6) is 0 Å². The summed E-state index contributed by atoms with van der Waals surface area (Å²) in [6.07, 6.45) is 0.184. The number of carbonyl (C=O) groups excluding carboxylic acids is 1. The van der Waals surface area contributed by atoms with Crippen molar-refractivity contribution in [1.82, 2.24) is 10.2 Å². The van der Waals surface area contributed by atoms with E-state index in [2.05, 4.69) is 22.3 Å². The fourth-order valence-electron chi connectivity index (χ4n) is 2.60. The Kier molecular flexibility index (Phi) is 6.97. The Hall–Kier alpha value is -2.17. The summed E-state index contributed by atoms with van der Waals surface area (Å²) in [6, 6.07) is 19.7. The molecule has 2 aromatic carbocycles. The second-order valence-corrected chi connectivity index (χ2v) is 6.24. The van der Waals surface area contributed by atoms with Crippen LogP contribution >= 0.6 is 0 Å². The van der Waals surface area contributed by atoms with Crippen molar-refractivity contribution in [2.24, 2.45) is 0 Å². The predicted molar refractivity (Wildman–Crippen MR) is 96.6 cm³/mol. The van der Waals surface area contributed by atoms with Crippen molar-refractivity contribution in [2.75, 3.05) is 20.6 Å². The molecule has 0 spiro atoms. The zero-order chi connectivity index (χ0) is 17.4. The van der Waals surface area contributed by atoms with Crippen molar-refractivity contribution in [2.45, 2.75) is 25.0 Å². The highest BCUT2D eigenvalue weighted by Crippen LogP contribution is 2.15. The highest BCUT2D eigenvalue weighted by Gasteiger charge is 2.16. The molecule has 0 fully saturated rings. The average Bonchev–Trinajstić information content (AvgIpc) is 2.60. The second kappa shape index (κ2) is 9.21. The number of nitrogens with zero attached hydrogens (tertiary/aromatic N) is 1. The normalized spacial score (nSPS) is 13.5. The molecule has 0 saturated heterocycles. The van der Waals surface area contributed by atoms with Gasteiger partial charge in [0.05, 0.1) is 12.5 Å². The predicted octanol–water partition coefficient (Wildman–Crippen LogP) is 2.40. The number of rotatable bonds is 8. The summed E-state index contributed by atoms with van der Waals surface area (Å²) in [5.41, 5.74) is 2.01. The Bertz CT molecular complexity index is 614. The van der Waals surface area contributed by atoms with Crippen LogP contribution in [-0.4, -0.2) is 42.6 Å². The van der Waals surface area contributed by atoms with Gasteiger partial charge in [-0.25, -0.2) is 0 Å². The van der Waals surface area contributed by atoms with Crippen LogP contribution in [0.1, 0.15) is 23.7 Å². The molecule has 1 amide bonds. The van der Waals surface area contributed by atoms with Crippen molar-refractivity contribution < 1.29 is 9.90 Å². The maximum atomic E-state index is 12.1. The van der Waals surface area contributed by atoms with Gasteiger partial charge in [0.15, 0.2) is 0 Å². The lowest BCUT2D eigenvalue weighted by atomic mass is 10.0. The van der Waals surface area contributed by atoms with Gasteiger partial charge in [-0.2, -0.15) is 0 Å². The third-order valence-corrected chi connectivity index (χ3v) is 4.14. The standard InChI is InChI=1S/C20H26N2O2/c1-22(2)18(13-16-9-5-3-6-10-16)15-21-20(24)14-19(23)17-11-7-4-8-12-17/h3-12,18-19,23H,13-15H2,1-2H3,(H,21,24). The minimum atomic E-state index is -0.766. The zero-order valence-electron chi connectivity index (χ0n) is 14.4. The van der Waals surface area contributed by atoms with Gasteiger partial charge in [0, 0.05) is 12.6 Å². The number of hydrogen-bond donors (Lipinski definition) is 2. The minimum Gasteiger partial charge on any atom is -0.388 e. The van der Waals surface area contributed by atoms with Crippen LogP contribution in [0.2, 0.25) is 0 Å². The van der Waals surface area contributed by atoms with E-state index >= 15 is 0 Å². The first kappa shape index (κ1) is 18.2. The van der Waals surface area contributed by atoms with Gasteiger partial charge in [-0.1, -0.05) is 60.7 Å². The number of carbonyl (C=O) groups is 1. The first-order chi connectivity index (χ1) is 11.6. The summed E-state index contributed by atoms with van der Waals surface area (Å²) in [6.45, 7) is 0.558. The molecular weight excluding hydrogens is 300 g/mol. The number of hydrogen-bond acceptors (Lipinski definition) is 3. The van der Waals surface area contributed by atoms with Gasteiger partial charge in [0.2, 0.25) is 5.91 Å². The minimum absolute atomic E-state index is 0.0789. The summed E-state index contributed by atoms with van der Waals surface area (Å²) in [7, 11) is 4.02. The van der Waals surface area contributed by atoms with Gasteiger partial charge in [-0.3, -0.25) is 4.79 Å². The molecule has 0 heterocycles. The molecular formula is C20H26N2O2. The van der Waals surface area contributed by atoms with E-state index < -0.39 is 6.10 Å². The molecule has 24 heavy (non-hydrogen) atoms. The third kappa shape index (κ3) is 5.80. The Morgan fingerprint density at radius 3 is 2.21 bits per heavy atom. The highest BCUT2D eigenvalue weighted by atomic mass is 16.3. The first-order valence-electron chi connectivity index (χ1n) is 8.26. The van der Waals surface area contributed by atoms with Gasteiger partial charge in [-0.15, -0.1) is 0 Å². The van der Waals surface area contributed by atoms with Crippen molar-refractivity contribution >= 4 is 5.91 Å². The van der Waals surface area contributed by atoms with Gasteiger partial charge in [0.25, 0.3) is 0 Å². The molecule has 0 aliphatic rings. The zero-order valence-corrected chi connectivity index (χ0v) is 14.4. The number of amides is 1. The van der Waals surface area contributed by atoms with E-state index in [1.165, 1.54) is 5.56 Å². The Morgan fingerprint density at radius 2 is 1.62 bits per heavy atom. The molecule has 2 rings (SSSR count). The monoisotopic (exact) mass is 326 g/mol. The highest BCUT2D eigenvalue weighted by molar-refractivity contribution is 5.76. The second-order valence-electron chi connectivity index (χ2n) is 6.24. The molecule has 0 bridgehead atoms. The van der Waals surface area contributed by atoms with Gasteiger partial charge < -0.3 is 15.3 Å². The topological polar surface area (TPSA) is 52.6 Å². The fraction of sp³-hybridized carbons (Fsp3) is 0.350. The van der Waals surface area contributed by atoms with Crippen LogP contribution in [-0.2, 0) is 11.2 Å². The summed E-state index contributed by atoms with van der Waals surface area (Å²) < 4.78 is 0. The lowest BCUT2D eigenvalue weighted by molar-refractivity contribution is -0.123. The number of likely N-dealkylation sites (N-methyl/N-ethyl adjacent to an activating group) is 1. The molecule has 0 aliphatic heterocycles. The van der Waals surface area contributed by atoms with E-state index in [9.17, 15) is 9.90 Å². The maximum Gasteiger partial charge on any atom is 0.223 e. The van der Waals surface area contributed by atoms with Crippen LogP contribution in [0.4, 0.5) is 0 Å². The van der Waals surface area contributed by atoms with E-state index in [1.54, 1.807) is 0 Å². The van der Waals surface area contributed by atoms with Crippen LogP contribution in [0.3, 0.4) is 0 Å². The lowest BCUT2D eigenvalue weighted by Gasteiger charge is -2.25. The Balaban J connectivity index is 1.84. The lowest BCUT2D eigenvalue weighted by Crippen LogP contribution is -2.41. The van der Waals surface area contributed by atoms with E-state index in [-0.39, 0.29) is 18.4 Å². The number of nitrogens with one attached hydrogen (secondary N) is 1. The number of aliphatic hydroxyl groups excluding tert-OH is 1. The van der Waals surface area contributed by atoms with Crippen molar-refractivity contribution in [3.63, 3.8) is 0 Å². The molecule has 0 aromatic heterocycles. The van der Waals surface area contributed by atoms with E-state index in [0.29, 0.717) is 6.54 Å². The molecule has 2 aromatic rings. The summed E-state index contributed by atoms with van der Waals surface area (Å²) in [5.74, 6) is -0.133. The number of benzene rings is 2. The molecule has 2 unspecified atom stereocenters. The van der Waals surface area contributed by atoms with E-state index in [1.807, 2.05) is 62.6 Å². The quantitative estimate of drug-likeness (QED) is 0.783. The molecule has 4 heteroatoms. The largest absolute Gasteiger partial charge is 0.388 e. The van der Waals surface area contributed by atoms with Crippen LogP contribution in [0.25, 0.3) is 0 Å². The molecule has 2 N–H and O–H groups in total. The molecule has 0 aliphatic carbocycles. The fourth-order valence-corrected chi connectivity index (χ4v) is 2.60. The van der Waals surface area contributed by atoms with Gasteiger partial charge in [-0.05, 0) is 31.6 Å². The Labute approximate surface area is 144 Å².